The first-order valence-electron chi connectivity index (χ1n) is 5.34. The van der Waals surface area contributed by atoms with E-state index in [2.05, 4.69) is 5.32 Å². The number of carbonyl (C=O) groups is 1. The minimum Gasteiger partial charge on any atom is -0.397 e. The summed E-state index contributed by atoms with van der Waals surface area (Å²) < 4.78 is 24.9. The number of nitrogen functional groups attached to an aromatic ring is 1. The van der Waals surface area contributed by atoms with Gasteiger partial charge < -0.3 is 11.1 Å². The molecule has 18 heavy (non-hydrogen) atoms. The molecule has 1 heterocycles. The van der Waals surface area contributed by atoms with Gasteiger partial charge in [0.1, 0.15) is 4.88 Å². The highest BCUT2D eigenvalue weighted by atomic mass is 32.1. The second kappa shape index (κ2) is 4.89. The second-order valence-electron chi connectivity index (χ2n) is 3.95. The number of anilines is 1. The topological polar surface area (TPSA) is 55.1 Å². The van der Waals surface area contributed by atoms with Gasteiger partial charge in [0.2, 0.25) is 0 Å². The van der Waals surface area contributed by atoms with Gasteiger partial charge in [-0.25, -0.2) is 8.78 Å². The Morgan fingerprint density at radius 3 is 2.89 bits per heavy atom. The predicted octanol–water partition coefficient (Wildman–Crippen LogP) is 2.79. The molecule has 0 saturated heterocycles. The first-order chi connectivity index (χ1) is 8.49. The minimum atomic E-state index is -2.56. The number of rotatable bonds is 3. The second-order valence-corrected chi connectivity index (χ2v) is 5.00. The quantitative estimate of drug-likeness (QED) is 0.901. The summed E-state index contributed by atoms with van der Waals surface area (Å²) >= 11 is 1.21. The highest BCUT2D eigenvalue weighted by molar-refractivity contribution is 7.21. The van der Waals surface area contributed by atoms with E-state index in [0.717, 1.165) is 15.6 Å². The van der Waals surface area contributed by atoms with Crippen LogP contribution in [-0.2, 0) is 0 Å². The third kappa shape index (κ3) is 2.43. The molecule has 3 N–H and O–H groups in total. The molecule has 0 spiro atoms. The fourth-order valence-electron chi connectivity index (χ4n) is 1.65. The number of fused-ring (bicyclic) bond motifs is 1. The number of aryl methyl sites for hydroxylation is 1. The fourth-order valence-corrected chi connectivity index (χ4v) is 2.67. The molecule has 1 amide bonds. The summed E-state index contributed by atoms with van der Waals surface area (Å²) in [4.78, 5) is 12.0. The summed E-state index contributed by atoms with van der Waals surface area (Å²) in [5.41, 5.74) is 7.26. The summed E-state index contributed by atoms with van der Waals surface area (Å²) in [5, 5.41) is 2.95. The van der Waals surface area contributed by atoms with Crippen LogP contribution in [0.1, 0.15) is 15.2 Å². The van der Waals surface area contributed by atoms with Gasteiger partial charge in [-0.2, -0.15) is 0 Å². The van der Waals surface area contributed by atoms with Crippen LogP contribution in [0.15, 0.2) is 18.2 Å². The Morgan fingerprint density at radius 1 is 1.50 bits per heavy atom. The van der Waals surface area contributed by atoms with Crippen LogP contribution >= 0.6 is 11.3 Å². The summed E-state index contributed by atoms with van der Waals surface area (Å²) in [6, 6.07) is 5.67. The number of alkyl halides is 2. The Bertz CT molecular complexity index is 595. The molecule has 0 aliphatic carbocycles. The molecule has 0 bridgehead atoms. The summed E-state index contributed by atoms with van der Waals surface area (Å²) in [5.74, 6) is -0.549. The summed E-state index contributed by atoms with van der Waals surface area (Å²) in [6.45, 7) is 1.26. The van der Waals surface area contributed by atoms with Crippen molar-refractivity contribution in [2.45, 2.75) is 13.3 Å². The number of thiophene rings is 1. The number of hydrogen-bond donors (Lipinski definition) is 2. The van der Waals surface area contributed by atoms with Gasteiger partial charge in [0.05, 0.1) is 12.2 Å². The van der Waals surface area contributed by atoms with Crippen LogP contribution in [0.3, 0.4) is 0 Å². The van der Waals surface area contributed by atoms with Gasteiger partial charge >= 0.3 is 0 Å². The fraction of sp³-hybridized carbons (Fsp3) is 0.250. The van der Waals surface area contributed by atoms with Gasteiger partial charge in [-0.05, 0) is 19.1 Å². The zero-order valence-corrected chi connectivity index (χ0v) is 10.5. The molecule has 3 nitrogen and oxygen atoms in total. The van der Waals surface area contributed by atoms with Crippen molar-refractivity contribution in [2.75, 3.05) is 12.3 Å². The van der Waals surface area contributed by atoms with Crippen molar-refractivity contribution < 1.29 is 13.6 Å². The van der Waals surface area contributed by atoms with Crippen LogP contribution in [0.4, 0.5) is 14.5 Å². The lowest BCUT2D eigenvalue weighted by atomic mass is 10.1. The van der Waals surface area contributed by atoms with Gasteiger partial charge in [-0.1, -0.05) is 11.6 Å². The molecule has 0 aliphatic heterocycles. The van der Waals surface area contributed by atoms with E-state index < -0.39 is 18.9 Å². The molecule has 0 atom stereocenters. The minimum absolute atomic E-state index is 0.288. The molecule has 0 saturated carbocycles. The molecule has 1 aromatic heterocycles. The maximum absolute atomic E-state index is 12.0. The van der Waals surface area contributed by atoms with Crippen LogP contribution in [0.25, 0.3) is 10.1 Å². The highest BCUT2D eigenvalue weighted by Gasteiger charge is 2.17. The predicted molar refractivity (Wildman–Crippen MR) is 69.3 cm³/mol. The molecule has 0 fully saturated rings. The Labute approximate surface area is 107 Å². The summed E-state index contributed by atoms with van der Waals surface area (Å²) in [6.07, 6.45) is -2.56. The first kappa shape index (κ1) is 12.8. The molecule has 6 heteroatoms. The van der Waals surface area contributed by atoms with Crippen LogP contribution in [-0.4, -0.2) is 18.9 Å². The molecular weight excluding hydrogens is 258 g/mol. The lowest BCUT2D eigenvalue weighted by Gasteiger charge is -2.02. The average molecular weight is 270 g/mol. The van der Waals surface area contributed by atoms with Crippen LogP contribution in [0, 0.1) is 6.92 Å². The third-order valence-electron chi connectivity index (χ3n) is 2.51. The SMILES string of the molecule is Cc1ccc2sc(C(=O)NCC(F)F)c(N)c2c1. The largest absolute Gasteiger partial charge is 0.397 e. The van der Waals surface area contributed by atoms with Crippen molar-refractivity contribution in [3.8, 4) is 0 Å². The number of benzene rings is 1. The Balaban J connectivity index is 2.34. The molecule has 1 aromatic carbocycles. The van der Waals surface area contributed by atoms with E-state index in [9.17, 15) is 13.6 Å². The van der Waals surface area contributed by atoms with Crippen molar-refractivity contribution >= 4 is 33.0 Å². The van der Waals surface area contributed by atoms with E-state index in [4.69, 9.17) is 5.73 Å². The summed E-state index contributed by atoms with van der Waals surface area (Å²) in [7, 11) is 0. The number of nitrogens with two attached hydrogens (primary N) is 1. The average Bonchev–Trinajstić information content (AvgIpc) is 2.64. The van der Waals surface area contributed by atoms with Gasteiger partial charge in [-0.3, -0.25) is 4.79 Å². The molecule has 2 aromatic rings. The molecule has 0 radical (unpaired) electrons. The van der Waals surface area contributed by atoms with Gasteiger partial charge in [-0.15, -0.1) is 11.3 Å². The smallest absolute Gasteiger partial charge is 0.263 e. The van der Waals surface area contributed by atoms with Crippen LogP contribution < -0.4 is 11.1 Å². The Kier molecular flexibility index (Phi) is 3.47. The van der Waals surface area contributed by atoms with Crippen molar-refractivity contribution in [3.05, 3.63) is 28.6 Å². The lowest BCUT2D eigenvalue weighted by molar-refractivity contribution is 0.0896. The van der Waals surface area contributed by atoms with E-state index in [1.165, 1.54) is 11.3 Å². The Hall–Kier alpha value is -1.69. The number of amides is 1. The van der Waals surface area contributed by atoms with E-state index in [-0.39, 0.29) is 4.88 Å². The third-order valence-corrected chi connectivity index (χ3v) is 3.69. The zero-order valence-electron chi connectivity index (χ0n) is 9.67. The normalized spacial score (nSPS) is 11.1. The van der Waals surface area contributed by atoms with Gasteiger partial charge in [0.25, 0.3) is 12.3 Å². The number of hydrogen-bond acceptors (Lipinski definition) is 3. The van der Waals surface area contributed by atoms with Gasteiger partial charge in [0.15, 0.2) is 0 Å². The first-order valence-corrected chi connectivity index (χ1v) is 6.15. The number of carbonyl (C=O) groups excluding carboxylic acids is 1. The molecule has 2 rings (SSSR count). The van der Waals surface area contributed by atoms with Crippen molar-refractivity contribution in [2.24, 2.45) is 0 Å². The van der Waals surface area contributed by atoms with E-state index in [1.807, 2.05) is 25.1 Å². The monoisotopic (exact) mass is 270 g/mol. The zero-order chi connectivity index (χ0) is 13.3. The molecule has 0 unspecified atom stereocenters. The van der Waals surface area contributed by atoms with E-state index >= 15 is 0 Å². The van der Waals surface area contributed by atoms with Crippen LogP contribution in [0.2, 0.25) is 0 Å². The maximum Gasteiger partial charge on any atom is 0.263 e. The molecule has 0 aliphatic rings. The standard InChI is InChI=1S/C12H12F2N2OS/c1-6-2-3-8-7(4-6)10(15)11(18-8)12(17)16-5-9(13)14/h2-4,9H,5,15H2,1H3,(H,16,17). The molecular formula is C12H12F2N2OS. The van der Waals surface area contributed by atoms with Gasteiger partial charge in [0, 0.05) is 10.1 Å². The highest BCUT2D eigenvalue weighted by Crippen LogP contribution is 2.34. The van der Waals surface area contributed by atoms with Crippen molar-refractivity contribution in [3.63, 3.8) is 0 Å². The van der Waals surface area contributed by atoms with Crippen molar-refractivity contribution in [1.29, 1.82) is 0 Å². The number of nitrogens with one attached hydrogen (secondary N) is 1. The molecule has 96 valence electrons. The van der Waals surface area contributed by atoms with E-state index in [1.54, 1.807) is 0 Å². The Morgan fingerprint density at radius 2 is 2.22 bits per heavy atom. The lowest BCUT2D eigenvalue weighted by Crippen LogP contribution is -2.28. The van der Waals surface area contributed by atoms with Crippen LogP contribution in [0.5, 0.6) is 0 Å². The van der Waals surface area contributed by atoms with Crippen molar-refractivity contribution in [1.82, 2.24) is 5.32 Å². The number of halogens is 2. The van der Waals surface area contributed by atoms with E-state index in [0.29, 0.717) is 5.69 Å². The maximum atomic E-state index is 12.0.